The third-order valence-corrected chi connectivity index (χ3v) is 2.30. The molecule has 0 aromatic heterocycles. The zero-order valence-corrected chi connectivity index (χ0v) is 7.71. The highest BCUT2D eigenvalue weighted by Crippen LogP contribution is 2.13. The maximum atomic E-state index is 4.30. The first-order valence-corrected chi connectivity index (χ1v) is 4.81. The molecule has 3 nitrogen and oxygen atoms in total. The van der Waals surface area contributed by atoms with Crippen LogP contribution < -0.4 is 10.6 Å². The Labute approximate surface area is 78.6 Å². The fourth-order valence-corrected chi connectivity index (χ4v) is 1.58. The predicted molar refractivity (Wildman–Crippen MR) is 54.8 cm³/mol. The molecule has 2 heterocycles. The number of hydrogen-bond donors (Lipinski definition) is 2. The molecule has 0 amide bonds. The largest absolute Gasteiger partial charge is 0.384 e. The van der Waals surface area contributed by atoms with Crippen LogP contribution in [0.2, 0.25) is 0 Å². The molecule has 0 atom stereocenters. The SMILES string of the molecule is C1=NC(C=C2CCNCC2)=CNC1. The summed E-state index contributed by atoms with van der Waals surface area (Å²) in [4.78, 5) is 4.30. The van der Waals surface area contributed by atoms with Crippen LogP contribution in [0, 0.1) is 0 Å². The zero-order chi connectivity index (χ0) is 8.93. The number of hydrogen-bond acceptors (Lipinski definition) is 3. The number of nitrogens with one attached hydrogen (secondary N) is 2. The van der Waals surface area contributed by atoms with E-state index in [9.17, 15) is 0 Å². The molecule has 2 aliphatic rings. The summed E-state index contributed by atoms with van der Waals surface area (Å²) in [5.41, 5.74) is 2.56. The number of allylic oxidation sites excluding steroid dienone is 1. The van der Waals surface area contributed by atoms with Crippen LogP contribution in [0.25, 0.3) is 0 Å². The van der Waals surface area contributed by atoms with Crippen LogP contribution in [-0.4, -0.2) is 25.8 Å². The van der Waals surface area contributed by atoms with Gasteiger partial charge in [0.15, 0.2) is 0 Å². The van der Waals surface area contributed by atoms with Gasteiger partial charge >= 0.3 is 0 Å². The Morgan fingerprint density at radius 2 is 2.15 bits per heavy atom. The second kappa shape index (κ2) is 4.23. The summed E-state index contributed by atoms with van der Waals surface area (Å²) < 4.78 is 0. The van der Waals surface area contributed by atoms with Crippen molar-refractivity contribution in [2.45, 2.75) is 12.8 Å². The summed E-state index contributed by atoms with van der Waals surface area (Å²) in [5.74, 6) is 0. The standard InChI is InChI=1S/C10H15N3/c1-3-11-4-2-9(1)7-10-8-12-5-6-13-10/h6-8,11-12H,1-5H2. The molecule has 0 saturated carbocycles. The third-order valence-electron chi connectivity index (χ3n) is 2.30. The lowest BCUT2D eigenvalue weighted by Gasteiger charge is -2.15. The molecule has 0 aromatic rings. The Balaban J connectivity index is 2.00. The Hall–Kier alpha value is -1.09. The zero-order valence-electron chi connectivity index (χ0n) is 7.71. The maximum absolute atomic E-state index is 4.30. The number of piperidine rings is 1. The van der Waals surface area contributed by atoms with E-state index in [0.717, 1.165) is 38.2 Å². The van der Waals surface area contributed by atoms with Crippen molar-refractivity contribution >= 4 is 6.21 Å². The van der Waals surface area contributed by atoms with Gasteiger partial charge in [0.25, 0.3) is 0 Å². The summed E-state index contributed by atoms with van der Waals surface area (Å²) in [5, 5.41) is 6.49. The topological polar surface area (TPSA) is 36.4 Å². The van der Waals surface area contributed by atoms with Gasteiger partial charge in [0.2, 0.25) is 0 Å². The van der Waals surface area contributed by atoms with Crippen molar-refractivity contribution in [3.8, 4) is 0 Å². The quantitative estimate of drug-likeness (QED) is 0.622. The van der Waals surface area contributed by atoms with Crippen molar-refractivity contribution in [3.63, 3.8) is 0 Å². The van der Waals surface area contributed by atoms with Crippen molar-refractivity contribution in [2.75, 3.05) is 19.6 Å². The highest BCUT2D eigenvalue weighted by atomic mass is 14.9. The molecule has 2 aliphatic heterocycles. The minimum absolute atomic E-state index is 0.855. The molecule has 0 aromatic carbocycles. The molecule has 1 saturated heterocycles. The second-order valence-electron chi connectivity index (χ2n) is 3.34. The smallest absolute Gasteiger partial charge is 0.0782 e. The first kappa shape index (κ1) is 8.51. The Morgan fingerprint density at radius 1 is 1.31 bits per heavy atom. The lowest BCUT2D eigenvalue weighted by atomic mass is 10.0. The minimum Gasteiger partial charge on any atom is -0.384 e. The first-order chi connectivity index (χ1) is 6.45. The average Bonchev–Trinajstić information content (AvgIpc) is 2.21. The van der Waals surface area contributed by atoms with Gasteiger partial charge in [0, 0.05) is 19.0 Å². The molecule has 3 heteroatoms. The average molecular weight is 177 g/mol. The van der Waals surface area contributed by atoms with Crippen LogP contribution in [0.4, 0.5) is 0 Å². The van der Waals surface area contributed by atoms with E-state index in [-0.39, 0.29) is 0 Å². The minimum atomic E-state index is 0.855. The highest BCUT2D eigenvalue weighted by Gasteiger charge is 2.05. The number of aliphatic imine (C=N–C) groups is 1. The van der Waals surface area contributed by atoms with E-state index in [4.69, 9.17) is 0 Å². The van der Waals surface area contributed by atoms with Crippen molar-refractivity contribution in [3.05, 3.63) is 23.5 Å². The molecule has 2 rings (SSSR count). The summed E-state index contributed by atoms with van der Waals surface area (Å²) in [6, 6.07) is 0. The molecular weight excluding hydrogens is 162 g/mol. The van der Waals surface area contributed by atoms with Crippen molar-refractivity contribution in [1.29, 1.82) is 0 Å². The van der Waals surface area contributed by atoms with Gasteiger partial charge in [0.1, 0.15) is 0 Å². The normalized spacial score (nSPS) is 22.2. The van der Waals surface area contributed by atoms with E-state index >= 15 is 0 Å². The molecule has 13 heavy (non-hydrogen) atoms. The molecule has 70 valence electrons. The van der Waals surface area contributed by atoms with Gasteiger partial charge in [-0.3, -0.25) is 4.99 Å². The van der Waals surface area contributed by atoms with Gasteiger partial charge in [-0.05, 0) is 32.0 Å². The van der Waals surface area contributed by atoms with E-state index in [1.807, 2.05) is 12.4 Å². The molecule has 0 bridgehead atoms. The molecule has 2 N–H and O–H groups in total. The van der Waals surface area contributed by atoms with Gasteiger partial charge in [-0.25, -0.2) is 0 Å². The molecule has 0 spiro atoms. The Morgan fingerprint density at radius 3 is 2.85 bits per heavy atom. The van der Waals surface area contributed by atoms with Gasteiger partial charge < -0.3 is 10.6 Å². The number of rotatable bonds is 1. The first-order valence-electron chi connectivity index (χ1n) is 4.81. The molecule has 1 fully saturated rings. The third kappa shape index (κ3) is 2.42. The second-order valence-corrected chi connectivity index (χ2v) is 3.34. The van der Waals surface area contributed by atoms with E-state index in [1.54, 1.807) is 0 Å². The molecule has 0 aliphatic carbocycles. The van der Waals surface area contributed by atoms with Gasteiger partial charge in [-0.1, -0.05) is 5.57 Å². The molecule has 0 radical (unpaired) electrons. The van der Waals surface area contributed by atoms with Crippen LogP contribution in [-0.2, 0) is 0 Å². The fourth-order valence-electron chi connectivity index (χ4n) is 1.58. The van der Waals surface area contributed by atoms with Gasteiger partial charge in [-0.15, -0.1) is 0 Å². The van der Waals surface area contributed by atoms with Gasteiger partial charge in [0.05, 0.1) is 5.70 Å². The maximum Gasteiger partial charge on any atom is 0.0782 e. The molecule has 0 unspecified atom stereocenters. The Kier molecular flexibility index (Phi) is 2.77. The van der Waals surface area contributed by atoms with Crippen LogP contribution in [0.15, 0.2) is 28.5 Å². The van der Waals surface area contributed by atoms with Crippen molar-refractivity contribution < 1.29 is 0 Å². The van der Waals surface area contributed by atoms with E-state index in [2.05, 4.69) is 21.7 Å². The summed E-state index contributed by atoms with van der Waals surface area (Å²) >= 11 is 0. The Bertz CT molecular complexity index is 255. The van der Waals surface area contributed by atoms with Crippen LogP contribution in [0.3, 0.4) is 0 Å². The fraction of sp³-hybridized carbons (Fsp3) is 0.500. The lowest BCUT2D eigenvalue weighted by molar-refractivity contribution is 0.609. The highest BCUT2D eigenvalue weighted by molar-refractivity contribution is 5.63. The monoisotopic (exact) mass is 177 g/mol. The lowest BCUT2D eigenvalue weighted by Crippen LogP contribution is -2.23. The van der Waals surface area contributed by atoms with Crippen LogP contribution >= 0.6 is 0 Å². The van der Waals surface area contributed by atoms with Crippen LogP contribution in [0.1, 0.15) is 12.8 Å². The number of nitrogens with zero attached hydrogens (tertiary/aromatic N) is 1. The summed E-state index contributed by atoms with van der Waals surface area (Å²) in [6.07, 6.45) is 8.41. The van der Waals surface area contributed by atoms with E-state index in [1.165, 1.54) is 5.57 Å². The van der Waals surface area contributed by atoms with E-state index < -0.39 is 0 Å². The van der Waals surface area contributed by atoms with Crippen molar-refractivity contribution in [2.24, 2.45) is 4.99 Å². The predicted octanol–water partition coefficient (Wildman–Crippen LogP) is 0.812. The van der Waals surface area contributed by atoms with Crippen LogP contribution in [0.5, 0.6) is 0 Å². The van der Waals surface area contributed by atoms with Crippen molar-refractivity contribution in [1.82, 2.24) is 10.6 Å². The molecular formula is C10H15N3. The van der Waals surface area contributed by atoms with E-state index in [0.29, 0.717) is 0 Å². The summed E-state index contributed by atoms with van der Waals surface area (Å²) in [6.45, 7) is 3.07. The van der Waals surface area contributed by atoms with Gasteiger partial charge in [-0.2, -0.15) is 0 Å². The summed E-state index contributed by atoms with van der Waals surface area (Å²) in [7, 11) is 0.